The lowest BCUT2D eigenvalue weighted by Crippen LogP contribution is -2.38. The number of para-hydroxylation sites is 2. The Kier molecular flexibility index (Phi) is 9.21. The van der Waals surface area contributed by atoms with E-state index in [-0.39, 0.29) is 22.8 Å². The molecule has 0 spiro atoms. The van der Waals surface area contributed by atoms with Gasteiger partial charge in [-0.3, -0.25) is 9.69 Å². The summed E-state index contributed by atoms with van der Waals surface area (Å²) in [6, 6.07) is 17.8. The van der Waals surface area contributed by atoms with Crippen LogP contribution in [-0.4, -0.2) is 50.5 Å². The van der Waals surface area contributed by atoms with Crippen LogP contribution in [0.3, 0.4) is 0 Å². The Morgan fingerprint density at radius 3 is 2.56 bits per heavy atom. The summed E-state index contributed by atoms with van der Waals surface area (Å²) in [5.74, 6) is 1.69. The number of ether oxygens (including phenoxy) is 2. The molecule has 0 aliphatic carbocycles. The van der Waals surface area contributed by atoms with Crippen LogP contribution in [0.15, 0.2) is 71.8 Å². The molecule has 1 amide bonds. The van der Waals surface area contributed by atoms with Crippen molar-refractivity contribution < 1.29 is 22.7 Å². The molecule has 0 fully saturated rings. The van der Waals surface area contributed by atoms with E-state index < -0.39 is 10.0 Å². The number of rotatable bonds is 6. The summed E-state index contributed by atoms with van der Waals surface area (Å²) in [5.41, 5.74) is 1.74. The molecule has 2 heterocycles. The predicted molar refractivity (Wildman–Crippen MR) is 149 cm³/mol. The van der Waals surface area contributed by atoms with E-state index in [1.54, 1.807) is 18.3 Å². The van der Waals surface area contributed by atoms with E-state index >= 15 is 0 Å². The Hall–Kier alpha value is -3.47. The summed E-state index contributed by atoms with van der Waals surface area (Å²) < 4.78 is 35.3. The van der Waals surface area contributed by atoms with Crippen LogP contribution in [-0.2, 0) is 27.8 Å². The summed E-state index contributed by atoms with van der Waals surface area (Å²) in [6.45, 7) is 6.80. The van der Waals surface area contributed by atoms with Gasteiger partial charge in [0, 0.05) is 24.8 Å². The SMILES string of the molecule is CC1(C)CCCN(CC(=O)NCCc2ccc(S(N)(=O)=O)cc2)Cc2cccnc2Oc2ccccc2OC1. The molecule has 0 radical (unpaired) electrons. The van der Waals surface area contributed by atoms with E-state index in [1.165, 1.54) is 12.1 Å². The van der Waals surface area contributed by atoms with Gasteiger partial charge >= 0.3 is 0 Å². The number of pyridine rings is 1. The molecule has 2 aromatic carbocycles. The summed E-state index contributed by atoms with van der Waals surface area (Å²) in [6.07, 6.45) is 4.10. The van der Waals surface area contributed by atoms with Crippen molar-refractivity contribution in [2.24, 2.45) is 10.6 Å². The summed E-state index contributed by atoms with van der Waals surface area (Å²) in [5, 5.41) is 8.14. The molecular formula is C29H36N4O5S. The third-order valence-corrected chi connectivity index (χ3v) is 7.53. The average molecular weight is 553 g/mol. The van der Waals surface area contributed by atoms with Crippen LogP contribution in [0.2, 0.25) is 0 Å². The minimum absolute atomic E-state index is 0.0566. The minimum Gasteiger partial charge on any atom is -0.489 e. The van der Waals surface area contributed by atoms with Crippen LogP contribution >= 0.6 is 0 Å². The minimum atomic E-state index is -3.73. The molecule has 9 nitrogen and oxygen atoms in total. The zero-order chi connectivity index (χ0) is 27.9. The molecule has 1 aliphatic rings. The van der Waals surface area contributed by atoms with Crippen LogP contribution in [0.4, 0.5) is 0 Å². The van der Waals surface area contributed by atoms with Gasteiger partial charge in [-0.25, -0.2) is 18.5 Å². The first kappa shape index (κ1) is 28.5. The Morgan fingerprint density at radius 2 is 1.82 bits per heavy atom. The van der Waals surface area contributed by atoms with E-state index in [1.807, 2.05) is 36.4 Å². The largest absolute Gasteiger partial charge is 0.489 e. The Labute approximate surface area is 230 Å². The molecule has 0 atom stereocenters. The first-order chi connectivity index (χ1) is 18.6. The van der Waals surface area contributed by atoms with Crippen LogP contribution < -0.4 is 19.9 Å². The number of primary sulfonamides is 1. The van der Waals surface area contributed by atoms with E-state index in [9.17, 15) is 13.2 Å². The molecule has 3 aromatic rings. The number of hydrogen-bond acceptors (Lipinski definition) is 7. The molecule has 0 saturated heterocycles. The quantitative estimate of drug-likeness (QED) is 0.476. The number of fused-ring (bicyclic) bond motifs is 2. The number of nitrogens with one attached hydrogen (secondary N) is 1. The number of carbonyl (C=O) groups is 1. The Bertz CT molecular complexity index is 1380. The van der Waals surface area contributed by atoms with Crippen LogP contribution in [0.25, 0.3) is 0 Å². The number of sulfonamides is 1. The molecular weight excluding hydrogens is 516 g/mol. The van der Waals surface area contributed by atoms with Gasteiger partial charge in [-0.2, -0.15) is 0 Å². The number of benzene rings is 2. The second-order valence-electron chi connectivity index (χ2n) is 10.6. The highest BCUT2D eigenvalue weighted by atomic mass is 32.2. The highest BCUT2D eigenvalue weighted by Crippen LogP contribution is 2.34. The van der Waals surface area contributed by atoms with Crippen molar-refractivity contribution in [3.63, 3.8) is 0 Å². The second-order valence-corrected chi connectivity index (χ2v) is 12.1. The zero-order valence-corrected chi connectivity index (χ0v) is 23.2. The third kappa shape index (κ3) is 8.51. The van der Waals surface area contributed by atoms with Gasteiger partial charge in [0.2, 0.25) is 21.8 Å². The monoisotopic (exact) mass is 552 g/mol. The molecule has 0 bridgehead atoms. The van der Waals surface area contributed by atoms with E-state index in [2.05, 4.69) is 29.0 Å². The third-order valence-electron chi connectivity index (χ3n) is 6.60. The number of nitrogens with two attached hydrogens (primary N) is 1. The van der Waals surface area contributed by atoms with Gasteiger partial charge in [0.25, 0.3) is 0 Å². The lowest BCUT2D eigenvalue weighted by atomic mass is 9.88. The van der Waals surface area contributed by atoms with E-state index in [0.717, 1.165) is 30.5 Å². The smallest absolute Gasteiger partial charge is 0.238 e. The van der Waals surface area contributed by atoms with Crippen molar-refractivity contribution in [2.75, 3.05) is 26.2 Å². The lowest BCUT2D eigenvalue weighted by molar-refractivity contribution is -0.122. The molecule has 0 saturated carbocycles. The molecule has 0 unspecified atom stereocenters. The van der Waals surface area contributed by atoms with Gasteiger partial charge in [0.1, 0.15) is 0 Å². The number of amides is 1. The van der Waals surface area contributed by atoms with Gasteiger partial charge in [-0.1, -0.05) is 44.2 Å². The molecule has 1 aliphatic heterocycles. The van der Waals surface area contributed by atoms with Gasteiger partial charge in [0.15, 0.2) is 11.5 Å². The average Bonchev–Trinajstić information content (AvgIpc) is 2.89. The maximum Gasteiger partial charge on any atom is 0.238 e. The maximum atomic E-state index is 12.9. The normalized spacial score (nSPS) is 16.2. The fourth-order valence-electron chi connectivity index (χ4n) is 4.43. The van der Waals surface area contributed by atoms with Crippen molar-refractivity contribution in [3.05, 3.63) is 78.0 Å². The highest BCUT2D eigenvalue weighted by molar-refractivity contribution is 7.89. The van der Waals surface area contributed by atoms with Crippen molar-refractivity contribution >= 4 is 15.9 Å². The number of carbonyl (C=O) groups excluding carboxylic acids is 1. The summed E-state index contributed by atoms with van der Waals surface area (Å²) in [4.78, 5) is 19.6. The molecule has 4 rings (SSSR count). The first-order valence-corrected chi connectivity index (χ1v) is 14.6. The Balaban J connectivity index is 1.43. The molecule has 208 valence electrons. The zero-order valence-electron chi connectivity index (χ0n) is 22.4. The number of aromatic nitrogens is 1. The summed E-state index contributed by atoms with van der Waals surface area (Å²) in [7, 11) is -3.73. The fraction of sp³-hybridized carbons (Fsp3) is 0.379. The number of nitrogens with zero attached hydrogens (tertiary/aromatic N) is 2. The van der Waals surface area contributed by atoms with Gasteiger partial charge in [0.05, 0.1) is 18.0 Å². The second kappa shape index (κ2) is 12.6. The van der Waals surface area contributed by atoms with Crippen LogP contribution in [0.5, 0.6) is 17.4 Å². The van der Waals surface area contributed by atoms with Crippen LogP contribution in [0, 0.1) is 5.41 Å². The topological polar surface area (TPSA) is 124 Å². The van der Waals surface area contributed by atoms with Gasteiger partial charge in [-0.05, 0) is 67.1 Å². The Morgan fingerprint density at radius 1 is 1.08 bits per heavy atom. The van der Waals surface area contributed by atoms with Crippen molar-refractivity contribution in [2.45, 2.75) is 44.6 Å². The van der Waals surface area contributed by atoms with Gasteiger partial charge in [-0.15, -0.1) is 0 Å². The highest BCUT2D eigenvalue weighted by Gasteiger charge is 2.23. The molecule has 3 N–H and O–H groups in total. The fourth-order valence-corrected chi connectivity index (χ4v) is 4.94. The first-order valence-electron chi connectivity index (χ1n) is 13.0. The standard InChI is InChI=1S/C29H36N4O5S/c1-29(2)15-6-18-33(20-27(34)31-17-14-22-10-12-24(13-11-22)39(30,35)36)19-23-7-5-16-32-28(23)38-26-9-4-3-8-25(26)37-21-29/h3-5,7-13,16H,6,14-15,17-21H2,1-2H3,(H,31,34)(H2,30,35,36). The number of hydrogen-bond donors (Lipinski definition) is 2. The van der Waals surface area contributed by atoms with E-state index in [4.69, 9.17) is 14.6 Å². The lowest BCUT2D eigenvalue weighted by Gasteiger charge is -2.27. The maximum absolute atomic E-state index is 12.9. The molecule has 39 heavy (non-hydrogen) atoms. The van der Waals surface area contributed by atoms with Gasteiger partial charge < -0.3 is 14.8 Å². The predicted octanol–water partition coefficient (Wildman–Crippen LogP) is 3.88. The van der Waals surface area contributed by atoms with Crippen LogP contribution in [0.1, 0.15) is 37.8 Å². The van der Waals surface area contributed by atoms with E-state index in [0.29, 0.717) is 43.5 Å². The summed E-state index contributed by atoms with van der Waals surface area (Å²) >= 11 is 0. The molecule has 10 heteroatoms. The van der Waals surface area contributed by atoms with Crippen molar-refractivity contribution in [3.8, 4) is 17.4 Å². The molecule has 1 aromatic heterocycles. The van der Waals surface area contributed by atoms with Crippen molar-refractivity contribution in [1.82, 2.24) is 15.2 Å². The van der Waals surface area contributed by atoms with Crippen molar-refractivity contribution in [1.29, 1.82) is 0 Å².